The molecule has 0 saturated heterocycles. The van der Waals surface area contributed by atoms with Gasteiger partial charge in [-0.15, -0.1) is 0 Å². The van der Waals surface area contributed by atoms with E-state index >= 15 is 0 Å². The zero-order valence-corrected chi connectivity index (χ0v) is 19.6. The van der Waals surface area contributed by atoms with E-state index in [1.165, 1.54) is 11.9 Å². The van der Waals surface area contributed by atoms with E-state index in [0.717, 1.165) is 28.8 Å². The number of nitrogens with zero attached hydrogens (tertiary/aromatic N) is 4. The molecule has 1 amide bonds. The third kappa shape index (κ3) is 5.48. The van der Waals surface area contributed by atoms with Crippen LogP contribution in [0.2, 0.25) is 0 Å². The van der Waals surface area contributed by atoms with Crippen molar-refractivity contribution < 1.29 is 4.79 Å². The molecular formula is C28H23N7O. The minimum Gasteiger partial charge on any atom is -0.343 e. The molecule has 0 atom stereocenters. The van der Waals surface area contributed by atoms with Gasteiger partial charge in [0.2, 0.25) is 11.9 Å². The molecule has 176 valence electrons. The lowest BCUT2D eigenvalue weighted by Crippen LogP contribution is -2.08. The fraction of sp³-hybridized carbons (Fsp3) is 0.0714. The van der Waals surface area contributed by atoms with Gasteiger partial charge in [-0.3, -0.25) is 4.79 Å². The van der Waals surface area contributed by atoms with Gasteiger partial charge in [-0.1, -0.05) is 42.3 Å². The van der Waals surface area contributed by atoms with E-state index in [2.05, 4.69) is 96.0 Å². The molecule has 5 rings (SSSR count). The molecule has 0 unspecified atom stereocenters. The first-order chi connectivity index (χ1) is 17.7. The molecule has 0 aliphatic carbocycles. The lowest BCUT2D eigenvalue weighted by molar-refractivity contribution is -0.111. The van der Waals surface area contributed by atoms with Gasteiger partial charge < -0.3 is 20.5 Å². The van der Waals surface area contributed by atoms with Gasteiger partial charge in [0.1, 0.15) is 6.33 Å². The van der Waals surface area contributed by atoms with E-state index in [0.29, 0.717) is 17.6 Å². The molecule has 0 aliphatic rings. The Labute approximate surface area is 208 Å². The number of hydrogen-bond donors (Lipinski definition) is 3. The Morgan fingerprint density at radius 1 is 0.861 bits per heavy atom. The maximum absolute atomic E-state index is 11.7. The zero-order chi connectivity index (χ0) is 24.7. The van der Waals surface area contributed by atoms with Crippen LogP contribution >= 0.6 is 0 Å². The van der Waals surface area contributed by atoms with Crippen LogP contribution in [0.1, 0.15) is 12.5 Å². The minimum absolute atomic E-state index is 0.367. The normalized spacial score (nSPS) is 10.4. The number of aromatic nitrogens is 4. The summed E-state index contributed by atoms with van der Waals surface area (Å²) in [6.07, 6.45) is 3.53. The fourth-order valence-electron chi connectivity index (χ4n) is 3.82. The van der Waals surface area contributed by atoms with Gasteiger partial charge in [0.15, 0.2) is 0 Å². The molecule has 0 bridgehead atoms. The molecule has 3 aromatic carbocycles. The first kappa shape index (κ1) is 22.6. The topological polar surface area (TPSA) is 96.8 Å². The van der Waals surface area contributed by atoms with Crippen LogP contribution < -0.4 is 16.0 Å². The molecular weight excluding hydrogens is 450 g/mol. The predicted octanol–water partition coefficient (Wildman–Crippen LogP) is 5.32. The summed E-state index contributed by atoms with van der Waals surface area (Å²) in [7, 11) is 0. The summed E-state index contributed by atoms with van der Waals surface area (Å²) in [6.45, 7) is 2.43. The fourth-order valence-corrected chi connectivity index (χ4v) is 3.82. The SMILES string of the molecule is CC#CC(=O)Nc1cccc(Nc2ncnc(Nc3ccc4c(ccn4Cc4ccccc4)c3)n2)c1. The van der Waals surface area contributed by atoms with Crippen LogP contribution in [0.4, 0.5) is 29.0 Å². The highest BCUT2D eigenvalue weighted by atomic mass is 16.1. The Morgan fingerprint density at radius 3 is 2.39 bits per heavy atom. The van der Waals surface area contributed by atoms with Crippen molar-refractivity contribution >= 4 is 45.8 Å². The lowest BCUT2D eigenvalue weighted by Gasteiger charge is -2.10. The highest BCUT2D eigenvalue weighted by Crippen LogP contribution is 2.24. The molecule has 0 spiro atoms. The number of carbonyl (C=O) groups excluding carboxylic acids is 1. The second kappa shape index (κ2) is 10.4. The van der Waals surface area contributed by atoms with E-state index in [1.54, 1.807) is 19.1 Å². The standard InChI is InChI=1S/C28H23N7O/c1-2-7-26(36)31-22-10-6-11-23(17-22)32-27-29-19-30-28(34-27)33-24-12-13-25-21(16-24)14-15-35(25)18-20-8-4-3-5-9-20/h3-6,8-17,19H,18H2,1H3,(H,31,36)(H2,29,30,32,33,34). The van der Waals surface area contributed by atoms with Crippen molar-refractivity contribution in [3.05, 3.63) is 97.0 Å². The van der Waals surface area contributed by atoms with Crippen LogP contribution in [-0.4, -0.2) is 25.4 Å². The molecule has 2 aromatic heterocycles. The number of amides is 1. The summed E-state index contributed by atoms with van der Waals surface area (Å²) in [5.41, 5.74) is 4.62. The third-order valence-corrected chi connectivity index (χ3v) is 5.41. The van der Waals surface area contributed by atoms with Crippen molar-refractivity contribution in [2.24, 2.45) is 0 Å². The molecule has 0 fully saturated rings. The summed E-state index contributed by atoms with van der Waals surface area (Å²) in [6, 6.07) is 25.9. The van der Waals surface area contributed by atoms with Gasteiger partial charge in [-0.25, -0.2) is 9.97 Å². The maximum Gasteiger partial charge on any atom is 0.300 e. The van der Waals surface area contributed by atoms with Crippen molar-refractivity contribution in [2.75, 3.05) is 16.0 Å². The van der Waals surface area contributed by atoms with Gasteiger partial charge >= 0.3 is 0 Å². The monoisotopic (exact) mass is 473 g/mol. The van der Waals surface area contributed by atoms with Crippen molar-refractivity contribution in [1.82, 2.24) is 19.5 Å². The smallest absolute Gasteiger partial charge is 0.300 e. The van der Waals surface area contributed by atoms with Gasteiger partial charge in [0, 0.05) is 40.7 Å². The van der Waals surface area contributed by atoms with Gasteiger partial charge in [0.25, 0.3) is 5.91 Å². The van der Waals surface area contributed by atoms with Crippen LogP contribution in [0.25, 0.3) is 10.9 Å². The van der Waals surface area contributed by atoms with Crippen molar-refractivity contribution in [2.45, 2.75) is 13.5 Å². The number of rotatable bonds is 7. The Hall–Kier alpha value is -5.16. The third-order valence-electron chi connectivity index (χ3n) is 5.41. The second-order valence-electron chi connectivity index (χ2n) is 8.00. The number of fused-ring (bicyclic) bond motifs is 1. The molecule has 8 nitrogen and oxygen atoms in total. The summed E-state index contributed by atoms with van der Waals surface area (Å²) in [4.78, 5) is 24.6. The Kier molecular flexibility index (Phi) is 6.54. The Morgan fingerprint density at radius 2 is 1.61 bits per heavy atom. The first-order valence-electron chi connectivity index (χ1n) is 11.4. The zero-order valence-electron chi connectivity index (χ0n) is 19.6. The van der Waals surface area contributed by atoms with E-state index in [-0.39, 0.29) is 5.91 Å². The average molecular weight is 474 g/mol. The maximum atomic E-state index is 11.7. The largest absolute Gasteiger partial charge is 0.343 e. The molecule has 0 saturated carbocycles. The summed E-state index contributed by atoms with van der Waals surface area (Å²) < 4.78 is 2.23. The predicted molar refractivity (Wildman–Crippen MR) is 142 cm³/mol. The minimum atomic E-state index is -0.367. The van der Waals surface area contributed by atoms with Gasteiger partial charge in [-0.05, 0) is 60.9 Å². The molecule has 3 N–H and O–H groups in total. The average Bonchev–Trinajstić information content (AvgIpc) is 3.27. The molecule has 5 aromatic rings. The van der Waals surface area contributed by atoms with Crippen molar-refractivity contribution in [1.29, 1.82) is 0 Å². The van der Waals surface area contributed by atoms with E-state index in [4.69, 9.17) is 0 Å². The van der Waals surface area contributed by atoms with Gasteiger partial charge in [-0.2, -0.15) is 4.98 Å². The number of hydrogen-bond acceptors (Lipinski definition) is 6. The van der Waals surface area contributed by atoms with E-state index in [1.807, 2.05) is 24.3 Å². The van der Waals surface area contributed by atoms with Crippen LogP contribution in [0.15, 0.2) is 91.4 Å². The number of nitrogens with one attached hydrogen (secondary N) is 3. The molecule has 0 radical (unpaired) electrons. The second-order valence-corrected chi connectivity index (χ2v) is 8.00. The van der Waals surface area contributed by atoms with Crippen LogP contribution in [-0.2, 0) is 11.3 Å². The Balaban J connectivity index is 1.28. The van der Waals surface area contributed by atoms with Gasteiger partial charge in [0.05, 0.1) is 0 Å². The number of carbonyl (C=O) groups is 1. The van der Waals surface area contributed by atoms with Crippen molar-refractivity contribution in [3.63, 3.8) is 0 Å². The van der Waals surface area contributed by atoms with Crippen LogP contribution in [0.3, 0.4) is 0 Å². The van der Waals surface area contributed by atoms with E-state index < -0.39 is 0 Å². The summed E-state index contributed by atoms with van der Waals surface area (Å²) in [5.74, 6) is 5.45. The molecule has 8 heteroatoms. The quantitative estimate of drug-likeness (QED) is 0.277. The lowest BCUT2D eigenvalue weighted by atomic mass is 10.2. The molecule has 2 heterocycles. The number of anilines is 5. The van der Waals surface area contributed by atoms with E-state index in [9.17, 15) is 4.79 Å². The first-order valence-corrected chi connectivity index (χ1v) is 11.4. The molecule has 0 aliphatic heterocycles. The van der Waals surface area contributed by atoms with Crippen LogP contribution in [0, 0.1) is 11.8 Å². The Bertz CT molecular complexity index is 1580. The summed E-state index contributed by atoms with van der Waals surface area (Å²) >= 11 is 0. The van der Waals surface area contributed by atoms with Crippen LogP contribution in [0.5, 0.6) is 0 Å². The number of benzene rings is 3. The molecule has 36 heavy (non-hydrogen) atoms. The highest BCUT2D eigenvalue weighted by Gasteiger charge is 2.07. The highest BCUT2D eigenvalue weighted by molar-refractivity contribution is 6.04. The van der Waals surface area contributed by atoms with Crippen molar-refractivity contribution in [3.8, 4) is 11.8 Å². The summed E-state index contributed by atoms with van der Waals surface area (Å²) in [5, 5.41) is 10.2.